The number of carbonyl (C=O) groups is 1. The zero-order chi connectivity index (χ0) is 13.6. The van der Waals surface area contributed by atoms with Crippen molar-refractivity contribution in [2.24, 2.45) is 5.73 Å². The Labute approximate surface area is 113 Å². The molecule has 0 saturated carbocycles. The van der Waals surface area contributed by atoms with Gasteiger partial charge in [0.1, 0.15) is 5.54 Å². The molecule has 0 aliphatic heterocycles. The highest BCUT2D eigenvalue weighted by Crippen LogP contribution is 2.22. The number of carboxylic acids is 1. The SMILES string of the molecule is CCC(N)(CCCSc1ccc(C)cc1)C(=O)O. The molecule has 100 valence electrons. The summed E-state index contributed by atoms with van der Waals surface area (Å²) in [6, 6.07) is 8.34. The van der Waals surface area contributed by atoms with E-state index in [0.29, 0.717) is 12.8 Å². The number of benzene rings is 1. The fraction of sp³-hybridized carbons (Fsp3) is 0.500. The Hall–Kier alpha value is -1.00. The molecule has 3 nitrogen and oxygen atoms in total. The van der Waals surface area contributed by atoms with Gasteiger partial charge in [0.05, 0.1) is 0 Å². The lowest BCUT2D eigenvalue weighted by atomic mass is 9.92. The van der Waals surface area contributed by atoms with Crippen LogP contribution in [0.5, 0.6) is 0 Å². The molecule has 1 aromatic carbocycles. The van der Waals surface area contributed by atoms with Gasteiger partial charge in [0.15, 0.2) is 0 Å². The highest BCUT2D eigenvalue weighted by molar-refractivity contribution is 7.99. The molecule has 0 amide bonds. The van der Waals surface area contributed by atoms with Crippen LogP contribution in [-0.2, 0) is 4.79 Å². The molecule has 0 aromatic heterocycles. The number of rotatable bonds is 7. The van der Waals surface area contributed by atoms with Gasteiger partial charge in [-0.3, -0.25) is 4.79 Å². The molecule has 1 aromatic rings. The predicted molar refractivity (Wildman–Crippen MR) is 76.0 cm³/mol. The molecule has 4 heteroatoms. The van der Waals surface area contributed by atoms with Crippen molar-refractivity contribution in [3.8, 4) is 0 Å². The van der Waals surface area contributed by atoms with Gasteiger partial charge in [-0.1, -0.05) is 24.6 Å². The molecule has 1 atom stereocenters. The van der Waals surface area contributed by atoms with Gasteiger partial charge >= 0.3 is 5.97 Å². The van der Waals surface area contributed by atoms with E-state index in [1.807, 2.05) is 6.92 Å². The Morgan fingerprint density at radius 1 is 1.39 bits per heavy atom. The summed E-state index contributed by atoms with van der Waals surface area (Å²) in [5, 5.41) is 9.05. The van der Waals surface area contributed by atoms with Gasteiger partial charge in [-0.15, -0.1) is 11.8 Å². The Kier molecular flexibility index (Phi) is 5.69. The average molecular weight is 267 g/mol. The highest BCUT2D eigenvalue weighted by Gasteiger charge is 2.30. The molecule has 0 radical (unpaired) electrons. The zero-order valence-corrected chi connectivity index (χ0v) is 11.8. The molecule has 0 aliphatic rings. The van der Waals surface area contributed by atoms with Gasteiger partial charge in [0, 0.05) is 4.90 Å². The summed E-state index contributed by atoms with van der Waals surface area (Å²) in [6.07, 6.45) is 1.81. The maximum Gasteiger partial charge on any atom is 0.323 e. The minimum atomic E-state index is -1.06. The van der Waals surface area contributed by atoms with Crippen molar-refractivity contribution in [2.75, 3.05) is 5.75 Å². The first-order chi connectivity index (χ1) is 8.48. The van der Waals surface area contributed by atoms with Gasteiger partial charge in [0.25, 0.3) is 0 Å². The van der Waals surface area contributed by atoms with Gasteiger partial charge in [-0.05, 0) is 44.1 Å². The van der Waals surface area contributed by atoms with E-state index >= 15 is 0 Å². The van der Waals surface area contributed by atoms with Crippen molar-refractivity contribution in [3.63, 3.8) is 0 Å². The first-order valence-corrected chi connectivity index (χ1v) is 7.18. The molecule has 0 bridgehead atoms. The molecule has 3 N–H and O–H groups in total. The summed E-state index contributed by atoms with van der Waals surface area (Å²) in [5.74, 6) is 0.000269. The second-order valence-electron chi connectivity index (χ2n) is 4.58. The standard InChI is InChI=1S/C14H21NO2S/c1-3-14(15,13(16)17)9-4-10-18-12-7-5-11(2)6-8-12/h5-8H,3-4,9-10,15H2,1-2H3,(H,16,17). The molecular weight excluding hydrogens is 246 g/mol. The van der Waals surface area contributed by atoms with E-state index in [1.165, 1.54) is 10.5 Å². The van der Waals surface area contributed by atoms with E-state index in [4.69, 9.17) is 10.8 Å². The largest absolute Gasteiger partial charge is 0.480 e. The second kappa shape index (κ2) is 6.81. The number of aliphatic carboxylic acids is 1. The maximum absolute atomic E-state index is 11.0. The fourth-order valence-electron chi connectivity index (χ4n) is 1.65. The lowest BCUT2D eigenvalue weighted by molar-refractivity contribution is -0.143. The zero-order valence-electron chi connectivity index (χ0n) is 11.0. The van der Waals surface area contributed by atoms with Crippen LogP contribution in [-0.4, -0.2) is 22.4 Å². The van der Waals surface area contributed by atoms with E-state index in [9.17, 15) is 4.79 Å². The molecule has 1 rings (SSSR count). The Morgan fingerprint density at radius 3 is 2.50 bits per heavy atom. The smallest absolute Gasteiger partial charge is 0.323 e. The summed E-state index contributed by atoms with van der Waals surface area (Å²) in [6.45, 7) is 3.88. The lowest BCUT2D eigenvalue weighted by Gasteiger charge is -2.22. The van der Waals surface area contributed by atoms with E-state index < -0.39 is 11.5 Å². The third-order valence-corrected chi connectivity index (χ3v) is 4.21. The summed E-state index contributed by atoms with van der Waals surface area (Å²) in [5.41, 5.74) is 6.02. The van der Waals surface area contributed by atoms with Crippen LogP contribution in [0.3, 0.4) is 0 Å². The Balaban J connectivity index is 2.34. The normalized spacial score (nSPS) is 14.2. The quantitative estimate of drug-likeness (QED) is 0.588. The fourth-order valence-corrected chi connectivity index (χ4v) is 2.50. The van der Waals surface area contributed by atoms with E-state index in [0.717, 1.165) is 12.2 Å². The first-order valence-electron chi connectivity index (χ1n) is 6.19. The van der Waals surface area contributed by atoms with Crippen molar-refractivity contribution in [2.45, 2.75) is 43.5 Å². The molecule has 0 heterocycles. The predicted octanol–water partition coefficient (Wildman–Crippen LogP) is 3.06. The number of hydrogen-bond donors (Lipinski definition) is 2. The van der Waals surface area contributed by atoms with Crippen molar-refractivity contribution < 1.29 is 9.90 Å². The molecular formula is C14H21NO2S. The van der Waals surface area contributed by atoms with Crippen LogP contribution in [0.2, 0.25) is 0 Å². The maximum atomic E-state index is 11.0. The number of carboxylic acid groups (broad SMARTS) is 1. The monoisotopic (exact) mass is 267 g/mol. The van der Waals surface area contributed by atoms with Crippen molar-refractivity contribution >= 4 is 17.7 Å². The average Bonchev–Trinajstić information content (AvgIpc) is 2.36. The number of nitrogens with two attached hydrogens (primary N) is 1. The molecule has 1 unspecified atom stereocenters. The van der Waals surface area contributed by atoms with Gasteiger partial charge in [0.2, 0.25) is 0 Å². The molecule has 18 heavy (non-hydrogen) atoms. The number of thioether (sulfide) groups is 1. The van der Waals surface area contributed by atoms with E-state index in [1.54, 1.807) is 11.8 Å². The van der Waals surface area contributed by atoms with Crippen LogP contribution in [0.1, 0.15) is 31.7 Å². The van der Waals surface area contributed by atoms with Crippen LogP contribution in [0.25, 0.3) is 0 Å². The first kappa shape index (κ1) is 15.1. The minimum Gasteiger partial charge on any atom is -0.480 e. The summed E-state index contributed by atoms with van der Waals surface area (Å²) in [7, 11) is 0. The van der Waals surface area contributed by atoms with Gasteiger partial charge in [-0.2, -0.15) is 0 Å². The van der Waals surface area contributed by atoms with Crippen molar-refractivity contribution in [1.29, 1.82) is 0 Å². The summed E-state index contributed by atoms with van der Waals surface area (Å²) >= 11 is 1.74. The van der Waals surface area contributed by atoms with Gasteiger partial charge < -0.3 is 10.8 Å². The highest BCUT2D eigenvalue weighted by atomic mass is 32.2. The minimum absolute atomic E-state index is 0.470. The second-order valence-corrected chi connectivity index (χ2v) is 5.75. The topological polar surface area (TPSA) is 63.3 Å². The van der Waals surface area contributed by atoms with Crippen molar-refractivity contribution in [3.05, 3.63) is 29.8 Å². The van der Waals surface area contributed by atoms with Crippen molar-refractivity contribution in [1.82, 2.24) is 0 Å². The number of aryl methyl sites for hydroxylation is 1. The third-order valence-electron chi connectivity index (χ3n) is 3.11. The van der Waals surface area contributed by atoms with Crippen LogP contribution in [0.4, 0.5) is 0 Å². The summed E-state index contributed by atoms with van der Waals surface area (Å²) < 4.78 is 0. The molecule has 0 saturated heterocycles. The van der Waals surface area contributed by atoms with Crippen LogP contribution >= 0.6 is 11.8 Å². The molecule has 0 spiro atoms. The number of hydrogen-bond acceptors (Lipinski definition) is 3. The Bertz CT molecular complexity index is 391. The van der Waals surface area contributed by atoms with Crippen LogP contribution in [0, 0.1) is 6.92 Å². The molecule has 0 fully saturated rings. The molecule has 0 aliphatic carbocycles. The summed E-state index contributed by atoms with van der Waals surface area (Å²) in [4.78, 5) is 12.2. The van der Waals surface area contributed by atoms with E-state index in [2.05, 4.69) is 31.2 Å². The van der Waals surface area contributed by atoms with Gasteiger partial charge in [-0.25, -0.2) is 0 Å². The van der Waals surface area contributed by atoms with Crippen LogP contribution < -0.4 is 5.73 Å². The third kappa shape index (κ3) is 4.35. The lowest BCUT2D eigenvalue weighted by Crippen LogP contribution is -2.47. The van der Waals surface area contributed by atoms with Crippen LogP contribution in [0.15, 0.2) is 29.2 Å². The Morgan fingerprint density at radius 2 is 2.00 bits per heavy atom. The van der Waals surface area contributed by atoms with E-state index in [-0.39, 0.29) is 0 Å².